The lowest BCUT2D eigenvalue weighted by atomic mass is 10.1. The van der Waals surface area contributed by atoms with Crippen LogP contribution >= 0.6 is 11.6 Å². The molecule has 2 aromatic carbocycles. The van der Waals surface area contributed by atoms with Crippen LogP contribution < -0.4 is 10.0 Å². The Morgan fingerprint density at radius 1 is 1.10 bits per heavy atom. The Labute approximate surface area is 174 Å². The van der Waals surface area contributed by atoms with Gasteiger partial charge in [-0.1, -0.05) is 23.7 Å². The summed E-state index contributed by atoms with van der Waals surface area (Å²) < 4.78 is 37.6. The average molecular weight is 441 g/mol. The van der Waals surface area contributed by atoms with Crippen molar-refractivity contribution < 1.29 is 27.5 Å². The van der Waals surface area contributed by atoms with E-state index in [0.29, 0.717) is 19.6 Å². The number of nitrogens with one attached hydrogen (secondary N) is 2. The first-order valence-corrected chi connectivity index (χ1v) is 10.4. The monoisotopic (exact) mass is 440 g/mol. The van der Waals surface area contributed by atoms with Crippen LogP contribution in [0.3, 0.4) is 0 Å². The highest BCUT2D eigenvalue weighted by Gasteiger charge is 2.23. The first kappa shape index (κ1) is 22.7. The first-order valence-electron chi connectivity index (χ1n) is 8.57. The van der Waals surface area contributed by atoms with Crippen LogP contribution in [-0.4, -0.2) is 47.7 Å². The van der Waals surface area contributed by atoms with Crippen LogP contribution in [0.5, 0.6) is 0 Å². The molecule has 1 amide bonds. The van der Waals surface area contributed by atoms with Gasteiger partial charge in [-0.2, -0.15) is 0 Å². The molecule has 29 heavy (non-hydrogen) atoms. The van der Waals surface area contributed by atoms with Crippen molar-refractivity contribution in [2.24, 2.45) is 0 Å². The molecular formula is C19H21ClN2O6S. The number of anilines is 1. The van der Waals surface area contributed by atoms with Gasteiger partial charge in [0.2, 0.25) is 0 Å². The Morgan fingerprint density at radius 2 is 1.83 bits per heavy atom. The molecule has 0 aliphatic heterocycles. The van der Waals surface area contributed by atoms with E-state index in [1.54, 1.807) is 19.2 Å². The molecule has 0 aliphatic carbocycles. The van der Waals surface area contributed by atoms with Gasteiger partial charge >= 0.3 is 5.97 Å². The SMILES string of the molecule is COCCCNC(=O)c1ccccc1NS(=O)(=O)c1cc(C(=O)OC)ccc1Cl. The fourth-order valence-electron chi connectivity index (χ4n) is 2.44. The highest BCUT2D eigenvalue weighted by molar-refractivity contribution is 7.92. The number of esters is 1. The van der Waals surface area contributed by atoms with Gasteiger partial charge in [0, 0.05) is 20.3 Å². The van der Waals surface area contributed by atoms with Crippen LogP contribution in [0.4, 0.5) is 5.69 Å². The molecule has 2 N–H and O–H groups in total. The minimum atomic E-state index is -4.18. The largest absolute Gasteiger partial charge is 0.465 e. The predicted molar refractivity (Wildman–Crippen MR) is 109 cm³/mol. The van der Waals surface area contributed by atoms with Gasteiger partial charge in [0.05, 0.1) is 28.9 Å². The highest BCUT2D eigenvalue weighted by Crippen LogP contribution is 2.26. The summed E-state index contributed by atoms with van der Waals surface area (Å²) in [5, 5.41) is 2.62. The molecule has 0 spiro atoms. The molecule has 0 aliphatic rings. The molecule has 0 aromatic heterocycles. The lowest BCUT2D eigenvalue weighted by Crippen LogP contribution is -2.27. The number of carbonyl (C=O) groups is 2. The van der Waals surface area contributed by atoms with Crippen LogP contribution in [0.1, 0.15) is 27.1 Å². The van der Waals surface area contributed by atoms with Crippen molar-refractivity contribution in [1.82, 2.24) is 5.32 Å². The van der Waals surface area contributed by atoms with E-state index < -0.39 is 21.9 Å². The fraction of sp³-hybridized carbons (Fsp3) is 0.263. The van der Waals surface area contributed by atoms with E-state index in [2.05, 4.69) is 14.8 Å². The minimum absolute atomic E-state index is 0.0291. The molecule has 2 aromatic rings. The number of rotatable bonds is 9. The molecule has 0 fully saturated rings. The number of carbonyl (C=O) groups excluding carboxylic acids is 2. The zero-order valence-electron chi connectivity index (χ0n) is 15.9. The van der Waals surface area contributed by atoms with E-state index in [9.17, 15) is 18.0 Å². The summed E-state index contributed by atoms with van der Waals surface area (Å²) in [4.78, 5) is 23.8. The molecule has 0 saturated carbocycles. The van der Waals surface area contributed by atoms with Crippen molar-refractivity contribution in [2.45, 2.75) is 11.3 Å². The predicted octanol–water partition coefficient (Wildman–Crippen LogP) is 2.69. The van der Waals surface area contributed by atoms with Gasteiger partial charge in [-0.15, -0.1) is 0 Å². The molecule has 0 saturated heterocycles. The molecular weight excluding hydrogens is 420 g/mol. The summed E-state index contributed by atoms with van der Waals surface area (Å²) in [5.74, 6) is -1.14. The summed E-state index contributed by atoms with van der Waals surface area (Å²) in [5.41, 5.74) is 0.256. The summed E-state index contributed by atoms with van der Waals surface area (Å²) >= 11 is 6.03. The van der Waals surface area contributed by atoms with Gasteiger partial charge in [-0.25, -0.2) is 13.2 Å². The van der Waals surface area contributed by atoms with Crippen molar-refractivity contribution in [1.29, 1.82) is 0 Å². The van der Waals surface area contributed by atoms with Crippen LogP contribution in [0.15, 0.2) is 47.4 Å². The second kappa shape index (κ2) is 10.2. The van der Waals surface area contributed by atoms with E-state index in [0.717, 1.165) is 6.07 Å². The van der Waals surface area contributed by atoms with Crippen LogP contribution in [0, 0.1) is 0 Å². The van der Waals surface area contributed by atoms with E-state index in [1.165, 1.54) is 31.4 Å². The van der Waals surface area contributed by atoms with Gasteiger partial charge < -0.3 is 14.8 Å². The van der Waals surface area contributed by atoms with E-state index in [1.807, 2.05) is 0 Å². The third kappa shape index (κ3) is 5.93. The van der Waals surface area contributed by atoms with E-state index in [4.69, 9.17) is 16.3 Å². The molecule has 156 valence electrons. The first-order chi connectivity index (χ1) is 13.8. The molecule has 0 heterocycles. The Morgan fingerprint density at radius 3 is 2.52 bits per heavy atom. The highest BCUT2D eigenvalue weighted by atomic mass is 35.5. The lowest BCUT2D eigenvalue weighted by molar-refractivity contribution is 0.0600. The zero-order valence-corrected chi connectivity index (χ0v) is 17.5. The Kier molecular flexibility index (Phi) is 8.00. The lowest BCUT2D eigenvalue weighted by Gasteiger charge is -2.14. The smallest absolute Gasteiger partial charge is 0.337 e. The van der Waals surface area contributed by atoms with Crippen molar-refractivity contribution in [2.75, 3.05) is 32.1 Å². The second-order valence-electron chi connectivity index (χ2n) is 5.89. The molecule has 8 nitrogen and oxygen atoms in total. The standard InChI is InChI=1S/C19H21ClN2O6S/c1-27-11-5-10-21-18(23)14-6-3-4-7-16(14)22-29(25,26)17-12-13(19(24)28-2)8-9-15(17)20/h3-4,6-9,12,22H,5,10-11H2,1-2H3,(H,21,23). The third-order valence-corrected chi connectivity index (χ3v) is 5.72. The minimum Gasteiger partial charge on any atom is -0.465 e. The number of sulfonamides is 1. The van der Waals surface area contributed by atoms with Gasteiger partial charge in [-0.05, 0) is 36.8 Å². The number of methoxy groups -OCH3 is 2. The number of halogens is 1. The summed E-state index contributed by atoms with van der Waals surface area (Å²) in [6.45, 7) is 0.865. The van der Waals surface area contributed by atoms with Gasteiger partial charge in [-0.3, -0.25) is 9.52 Å². The van der Waals surface area contributed by atoms with Crippen LogP contribution in [0.2, 0.25) is 5.02 Å². The summed E-state index contributed by atoms with van der Waals surface area (Å²) in [6.07, 6.45) is 0.617. The Balaban J connectivity index is 2.30. The quantitative estimate of drug-likeness (QED) is 0.458. The summed E-state index contributed by atoms with van der Waals surface area (Å²) in [7, 11) is -1.44. The number of hydrogen-bond acceptors (Lipinski definition) is 6. The number of hydrogen-bond donors (Lipinski definition) is 2. The van der Waals surface area contributed by atoms with Gasteiger partial charge in [0.1, 0.15) is 4.90 Å². The summed E-state index contributed by atoms with van der Waals surface area (Å²) in [6, 6.07) is 9.92. The van der Waals surface area contributed by atoms with Gasteiger partial charge in [0.15, 0.2) is 0 Å². The fourth-order valence-corrected chi connectivity index (χ4v) is 4.04. The van der Waals surface area contributed by atoms with Crippen molar-refractivity contribution in [3.63, 3.8) is 0 Å². The average Bonchev–Trinajstić information content (AvgIpc) is 2.70. The topological polar surface area (TPSA) is 111 Å². The molecule has 0 unspecified atom stereocenters. The van der Waals surface area contributed by atoms with E-state index in [-0.39, 0.29) is 26.7 Å². The normalized spacial score (nSPS) is 11.0. The van der Waals surface area contributed by atoms with E-state index >= 15 is 0 Å². The van der Waals surface area contributed by atoms with Crippen molar-refractivity contribution in [3.8, 4) is 0 Å². The molecule has 10 heteroatoms. The number of amides is 1. The van der Waals surface area contributed by atoms with Crippen LogP contribution in [0.25, 0.3) is 0 Å². The molecule has 0 radical (unpaired) electrons. The Bertz CT molecular complexity index is 994. The molecule has 2 rings (SSSR count). The zero-order chi connectivity index (χ0) is 21.4. The van der Waals surface area contributed by atoms with Crippen molar-refractivity contribution >= 4 is 39.2 Å². The maximum Gasteiger partial charge on any atom is 0.337 e. The second-order valence-corrected chi connectivity index (χ2v) is 7.95. The Hall–Kier alpha value is -2.62. The number of benzene rings is 2. The third-order valence-electron chi connectivity index (χ3n) is 3.87. The van der Waals surface area contributed by atoms with Gasteiger partial charge in [0.25, 0.3) is 15.9 Å². The number of para-hydroxylation sites is 1. The van der Waals surface area contributed by atoms with Crippen LogP contribution in [-0.2, 0) is 19.5 Å². The van der Waals surface area contributed by atoms with Crippen molar-refractivity contribution in [3.05, 3.63) is 58.6 Å². The number of ether oxygens (including phenoxy) is 2. The molecule has 0 bridgehead atoms. The maximum absolute atomic E-state index is 12.9. The molecule has 0 atom stereocenters. The maximum atomic E-state index is 12.9.